The normalized spacial score (nSPS) is 19.7. The van der Waals surface area contributed by atoms with Gasteiger partial charge in [-0.15, -0.1) is 0 Å². The summed E-state index contributed by atoms with van der Waals surface area (Å²) in [5.41, 5.74) is 5.95. The summed E-state index contributed by atoms with van der Waals surface area (Å²) >= 11 is 0. The summed E-state index contributed by atoms with van der Waals surface area (Å²) in [6.45, 7) is 1.05. The number of quaternary nitrogens is 1. The van der Waals surface area contributed by atoms with E-state index in [9.17, 15) is 0 Å². The molecule has 0 bridgehead atoms. The molecule has 1 saturated carbocycles. The van der Waals surface area contributed by atoms with Crippen molar-refractivity contribution in [3.05, 3.63) is 35.9 Å². The summed E-state index contributed by atoms with van der Waals surface area (Å²) in [6.07, 6.45) is 2.67. The van der Waals surface area contributed by atoms with E-state index in [1.165, 1.54) is 18.4 Å². The van der Waals surface area contributed by atoms with Crippen LogP contribution in [0.1, 0.15) is 18.4 Å². The lowest BCUT2D eigenvalue weighted by atomic mass is 9.97. The van der Waals surface area contributed by atoms with E-state index in [0.717, 1.165) is 6.54 Å². The summed E-state index contributed by atoms with van der Waals surface area (Å²) in [5.74, 6) is 0. The smallest absolute Gasteiger partial charge is 0.0838 e. The van der Waals surface area contributed by atoms with E-state index < -0.39 is 0 Å². The van der Waals surface area contributed by atoms with Crippen molar-refractivity contribution in [1.82, 2.24) is 0 Å². The van der Waals surface area contributed by atoms with Crippen LogP contribution in [0.2, 0.25) is 0 Å². The van der Waals surface area contributed by atoms with Crippen LogP contribution in [0.15, 0.2) is 30.3 Å². The van der Waals surface area contributed by atoms with Gasteiger partial charge in [0.2, 0.25) is 0 Å². The van der Waals surface area contributed by atoms with Gasteiger partial charge in [0, 0.05) is 5.41 Å². The van der Waals surface area contributed by atoms with Gasteiger partial charge in [0.05, 0.1) is 6.54 Å². The summed E-state index contributed by atoms with van der Waals surface area (Å²) in [7, 11) is 0. The molecule has 1 aromatic carbocycles. The van der Waals surface area contributed by atoms with Crippen molar-refractivity contribution in [2.75, 3.05) is 6.54 Å². The molecule has 0 radical (unpaired) electrons. The van der Waals surface area contributed by atoms with Crippen molar-refractivity contribution in [3.8, 4) is 0 Å². The molecular formula is C10H14N+. The van der Waals surface area contributed by atoms with Gasteiger partial charge in [0.1, 0.15) is 0 Å². The van der Waals surface area contributed by atoms with E-state index in [-0.39, 0.29) is 0 Å². The molecule has 1 nitrogen and oxygen atoms in total. The standard InChI is InChI=1S/C10H13N/c11-8-10(6-7-10)9-4-2-1-3-5-9/h1-5H,6-8,11H2/p+1. The third-order valence-corrected chi connectivity index (χ3v) is 2.72. The fraction of sp³-hybridized carbons (Fsp3) is 0.400. The average molecular weight is 148 g/mol. The van der Waals surface area contributed by atoms with Gasteiger partial charge in [0.15, 0.2) is 0 Å². The van der Waals surface area contributed by atoms with Crippen molar-refractivity contribution in [1.29, 1.82) is 0 Å². The van der Waals surface area contributed by atoms with Crippen LogP contribution in [0, 0.1) is 0 Å². The molecular weight excluding hydrogens is 134 g/mol. The fourth-order valence-corrected chi connectivity index (χ4v) is 1.63. The van der Waals surface area contributed by atoms with Crippen molar-refractivity contribution in [2.24, 2.45) is 0 Å². The molecule has 1 aliphatic carbocycles. The summed E-state index contributed by atoms with van der Waals surface area (Å²) in [6, 6.07) is 10.7. The lowest BCUT2D eigenvalue weighted by molar-refractivity contribution is -0.375. The molecule has 58 valence electrons. The SMILES string of the molecule is [NH3+]CC1(c2ccccc2)CC1. The van der Waals surface area contributed by atoms with Gasteiger partial charge in [-0.25, -0.2) is 0 Å². The van der Waals surface area contributed by atoms with Crippen LogP contribution >= 0.6 is 0 Å². The Bertz CT molecular complexity index is 236. The van der Waals surface area contributed by atoms with Crippen LogP contribution in [-0.2, 0) is 5.41 Å². The Morgan fingerprint density at radius 2 is 1.82 bits per heavy atom. The van der Waals surface area contributed by atoms with Gasteiger partial charge in [0.25, 0.3) is 0 Å². The highest BCUT2D eigenvalue weighted by molar-refractivity contribution is 5.30. The first kappa shape index (κ1) is 6.86. The van der Waals surface area contributed by atoms with Crippen LogP contribution in [0.4, 0.5) is 0 Å². The highest BCUT2D eigenvalue weighted by Gasteiger charge is 2.44. The minimum absolute atomic E-state index is 0.473. The van der Waals surface area contributed by atoms with Crippen molar-refractivity contribution < 1.29 is 5.73 Å². The Labute approximate surface area is 67.2 Å². The van der Waals surface area contributed by atoms with E-state index in [4.69, 9.17) is 0 Å². The second-order valence-electron chi connectivity index (χ2n) is 3.40. The highest BCUT2D eigenvalue weighted by Crippen LogP contribution is 2.46. The van der Waals surface area contributed by atoms with Crippen LogP contribution in [0.3, 0.4) is 0 Å². The zero-order chi connectivity index (χ0) is 7.73. The summed E-state index contributed by atoms with van der Waals surface area (Å²) in [4.78, 5) is 0. The molecule has 0 atom stereocenters. The second-order valence-corrected chi connectivity index (χ2v) is 3.40. The van der Waals surface area contributed by atoms with Crippen molar-refractivity contribution in [2.45, 2.75) is 18.3 Å². The van der Waals surface area contributed by atoms with E-state index in [0.29, 0.717) is 5.41 Å². The highest BCUT2D eigenvalue weighted by atomic mass is 14.7. The predicted octanol–water partition coefficient (Wildman–Crippen LogP) is 0.960. The van der Waals surface area contributed by atoms with Crippen LogP contribution in [0.5, 0.6) is 0 Å². The minimum Gasteiger partial charge on any atom is -0.357 e. The molecule has 1 aromatic rings. The number of benzene rings is 1. The molecule has 0 amide bonds. The largest absolute Gasteiger partial charge is 0.357 e. The van der Waals surface area contributed by atoms with Gasteiger partial charge in [-0.05, 0) is 18.4 Å². The molecule has 0 heterocycles. The van der Waals surface area contributed by atoms with Crippen LogP contribution in [0.25, 0.3) is 0 Å². The fourth-order valence-electron chi connectivity index (χ4n) is 1.63. The number of hydrogen-bond acceptors (Lipinski definition) is 0. The Kier molecular flexibility index (Phi) is 1.46. The van der Waals surface area contributed by atoms with E-state index >= 15 is 0 Å². The Balaban J connectivity index is 2.30. The second kappa shape index (κ2) is 2.35. The quantitative estimate of drug-likeness (QED) is 0.647. The number of hydrogen-bond donors (Lipinski definition) is 1. The lowest BCUT2D eigenvalue weighted by Crippen LogP contribution is -2.55. The Morgan fingerprint density at radius 1 is 1.18 bits per heavy atom. The first-order valence-electron chi connectivity index (χ1n) is 4.22. The molecule has 1 aliphatic rings. The molecule has 0 unspecified atom stereocenters. The van der Waals surface area contributed by atoms with Crippen molar-refractivity contribution in [3.63, 3.8) is 0 Å². The van der Waals surface area contributed by atoms with Crippen LogP contribution < -0.4 is 5.73 Å². The predicted molar refractivity (Wildman–Crippen MR) is 45.1 cm³/mol. The molecule has 0 spiro atoms. The van der Waals surface area contributed by atoms with E-state index in [1.54, 1.807) is 0 Å². The maximum Gasteiger partial charge on any atom is 0.0838 e. The molecule has 1 fully saturated rings. The Hall–Kier alpha value is -0.820. The first-order valence-corrected chi connectivity index (χ1v) is 4.22. The Morgan fingerprint density at radius 3 is 2.27 bits per heavy atom. The minimum atomic E-state index is 0.473. The third kappa shape index (κ3) is 1.05. The van der Waals surface area contributed by atoms with Gasteiger partial charge in [-0.1, -0.05) is 30.3 Å². The molecule has 0 saturated heterocycles. The average Bonchev–Trinajstić information content (AvgIpc) is 2.86. The third-order valence-electron chi connectivity index (χ3n) is 2.72. The van der Waals surface area contributed by atoms with E-state index in [2.05, 4.69) is 36.1 Å². The summed E-state index contributed by atoms with van der Waals surface area (Å²) in [5, 5.41) is 0. The first-order chi connectivity index (χ1) is 5.37. The zero-order valence-electron chi connectivity index (χ0n) is 6.72. The molecule has 0 aromatic heterocycles. The van der Waals surface area contributed by atoms with E-state index in [1.807, 2.05) is 0 Å². The van der Waals surface area contributed by atoms with Gasteiger partial charge < -0.3 is 5.73 Å². The van der Waals surface area contributed by atoms with Gasteiger partial charge >= 0.3 is 0 Å². The van der Waals surface area contributed by atoms with Gasteiger partial charge in [-0.2, -0.15) is 0 Å². The molecule has 11 heavy (non-hydrogen) atoms. The zero-order valence-corrected chi connectivity index (χ0v) is 6.72. The monoisotopic (exact) mass is 148 g/mol. The van der Waals surface area contributed by atoms with Crippen LogP contribution in [-0.4, -0.2) is 6.54 Å². The molecule has 1 heteroatoms. The van der Waals surface area contributed by atoms with Gasteiger partial charge in [-0.3, -0.25) is 0 Å². The topological polar surface area (TPSA) is 27.6 Å². The number of rotatable bonds is 2. The molecule has 0 aliphatic heterocycles. The maximum absolute atomic E-state index is 4.00. The molecule has 3 N–H and O–H groups in total. The molecule has 2 rings (SSSR count). The summed E-state index contributed by atoms with van der Waals surface area (Å²) < 4.78 is 0. The lowest BCUT2D eigenvalue weighted by Gasteiger charge is -2.08. The van der Waals surface area contributed by atoms with Crippen molar-refractivity contribution >= 4 is 0 Å². The maximum atomic E-state index is 4.00.